The van der Waals surface area contributed by atoms with Crippen LogP contribution in [0.4, 0.5) is 4.39 Å². The fourth-order valence-electron chi connectivity index (χ4n) is 2.11. The van der Waals surface area contributed by atoms with Crippen LogP contribution in [-0.4, -0.2) is 13.2 Å². The van der Waals surface area contributed by atoms with Crippen LogP contribution in [0, 0.1) is 5.82 Å². The van der Waals surface area contributed by atoms with Crippen molar-refractivity contribution < 1.29 is 9.13 Å². The molecule has 0 heterocycles. The molecular weight excluding hydrogens is 321 g/mol. The summed E-state index contributed by atoms with van der Waals surface area (Å²) in [5.74, 6) is 0.585. The number of ether oxygens (including phenoxy) is 1. The molecule has 0 spiro atoms. The summed E-state index contributed by atoms with van der Waals surface area (Å²) in [5, 5.41) is 0. The summed E-state index contributed by atoms with van der Waals surface area (Å²) < 4.78 is 18.8. The predicted octanol–water partition coefficient (Wildman–Crippen LogP) is 3.71. The van der Waals surface area contributed by atoms with E-state index in [1.165, 1.54) is 11.6 Å². The van der Waals surface area contributed by atoms with Crippen molar-refractivity contribution in [3.05, 3.63) is 63.9 Å². The number of hydrogen-bond acceptors (Lipinski definition) is 2. The van der Waals surface area contributed by atoms with Gasteiger partial charge in [0.15, 0.2) is 0 Å². The summed E-state index contributed by atoms with van der Waals surface area (Å²) >= 11 is 3.19. The monoisotopic (exact) mass is 337 g/mol. The molecule has 0 saturated heterocycles. The summed E-state index contributed by atoms with van der Waals surface area (Å²) in [6.45, 7) is 0. The molecule has 0 saturated carbocycles. The van der Waals surface area contributed by atoms with Crippen molar-refractivity contribution in [3.8, 4) is 5.75 Å². The predicted molar refractivity (Wildman–Crippen MR) is 82.5 cm³/mol. The van der Waals surface area contributed by atoms with Crippen molar-refractivity contribution in [1.29, 1.82) is 0 Å². The Morgan fingerprint density at radius 1 is 1.10 bits per heavy atom. The summed E-state index contributed by atoms with van der Waals surface area (Å²) in [6.07, 6.45) is 1.49. The average Bonchev–Trinajstić information content (AvgIpc) is 2.44. The van der Waals surface area contributed by atoms with Crippen molar-refractivity contribution >= 4 is 15.9 Å². The summed E-state index contributed by atoms with van der Waals surface area (Å²) in [5.41, 5.74) is 8.35. The molecule has 4 heteroatoms. The van der Waals surface area contributed by atoms with E-state index in [-0.39, 0.29) is 11.9 Å². The maximum Gasteiger partial charge on any atom is 0.137 e. The van der Waals surface area contributed by atoms with Gasteiger partial charge in [-0.1, -0.05) is 18.2 Å². The number of halogens is 2. The van der Waals surface area contributed by atoms with Crippen LogP contribution in [0.25, 0.3) is 0 Å². The molecule has 2 N–H and O–H groups in total. The molecule has 106 valence electrons. The van der Waals surface area contributed by atoms with Crippen molar-refractivity contribution in [1.82, 2.24) is 0 Å². The molecule has 0 fully saturated rings. The number of nitrogens with two attached hydrogens (primary N) is 1. The number of benzene rings is 2. The van der Waals surface area contributed by atoms with Crippen LogP contribution < -0.4 is 10.5 Å². The molecule has 2 aromatic rings. The van der Waals surface area contributed by atoms with E-state index in [0.29, 0.717) is 10.9 Å². The van der Waals surface area contributed by atoms with E-state index in [1.54, 1.807) is 19.2 Å². The Morgan fingerprint density at radius 3 is 2.30 bits per heavy atom. The van der Waals surface area contributed by atoms with E-state index in [1.807, 2.05) is 24.3 Å². The zero-order valence-corrected chi connectivity index (χ0v) is 12.9. The molecule has 1 atom stereocenters. The van der Waals surface area contributed by atoms with Crippen molar-refractivity contribution in [2.75, 3.05) is 7.11 Å². The normalized spacial score (nSPS) is 12.2. The highest BCUT2D eigenvalue weighted by Crippen LogP contribution is 2.18. The Morgan fingerprint density at radius 2 is 1.70 bits per heavy atom. The maximum absolute atomic E-state index is 13.2. The molecule has 1 unspecified atom stereocenters. The summed E-state index contributed by atoms with van der Waals surface area (Å²) in [4.78, 5) is 0. The highest BCUT2D eigenvalue weighted by molar-refractivity contribution is 9.10. The molecule has 0 aromatic heterocycles. The maximum atomic E-state index is 13.2. The first-order valence-corrected chi connectivity index (χ1v) is 7.20. The van der Waals surface area contributed by atoms with Gasteiger partial charge in [0.2, 0.25) is 0 Å². The van der Waals surface area contributed by atoms with E-state index >= 15 is 0 Å². The first kappa shape index (κ1) is 15.0. The second-order valence-corrected chi connectivity index (χ2v) is 5.62. The molecule has 0 aliphatic carbocycles. The van der Waals surface area contributed by atoms with Gasteiger partial charge in [0.1, 0.15) is 11.6 Å². The zero-order chi connectivity index (χ0) is 14.5. The third-order valence-corrected chi connectivity index (χ3v) is 3.75. The zero-order valence-electron chi connectivity index (χ0n) is 11.3. The van der Waals surface area contributed by atoms with Crippen LogP contribution in [0.5, 0.6) is 5.75 Å². The van der Waals surface area contributed by atoms with Crippen molar-refractivity contribution in [2.24, 2.45) is 5.73 Å². The smallest absolute Gasteiger partial charge is 0.137 e. The summed E-state index contributed by atoms with van der Waals surface area (Å²) in [6, 6.07) is 12.9. The van der Waals surface area contributed by atoms with Crippen LogP contribution in [-0.2, 0) is 12.8 Å². The van der Waals surface area contributed by atoms with Gasteiger partial charge in [0.25, 0.3) is 0 Å². The molecule has 2 aromatic carbocycles. The third kappa shape index (κ3) is 4.05. The van der Waals surface area contributed by atoms with Gasteiger partial charge in [-0.2, -0.15) is 0 Å². The lowest BCUT2D eigenvalue weighted by Crippen LogP contribution is -2.25. The molecule has 20 heavy (non-hydrogen) atoms. The van der Waals surface area contributed by atoms with E-state index < -0.39 is 0 Å². The second kappa shape index (κ2) is 6.86. The van der Waals surface area contributed by atoms with Crippen molar-refractivity contribution in [2.45, 2.75) is 18.9 Å². The minimum atomic E-state index is -0.252. The quantitative estimate of drug-likeness (QED) is 0.902. The Bertz CT molecular complexity index is 571. The van der Waals surface area contributed by atoms with Gasteiger partial charge in [-0.3, -0.25) is 0 Å². The average molecular weight is 338 g/mol. The molecule has 0 amide bonds. The lowest BCUT2D eigenvalue weighted by molar-refractivity contribution is 0.414. The topological polar surface area (TPSA) is 35.2 Å². The Hall–Kier alpha value is -1.39. The van der Waals surface area contributed by atoms with Gasteiger partial charge in [-0.25, -0.2) is 4.39 Å². The SMILES string of the molecule is COc1ccc(CC(N)Cc2ccc(F)c(Br)c2)cc1. The Balaban J connectivity index is 1.97. The van der Waals surface area contributed by atoms with Crippen molar-refractivity contribution in [3.63, 3.8) is 0 Å². The second-order valence-electron chi connectivity index (χ2n) is 4.76. The molecule has 0 aliphatic heterocycles. The van der Waals surface area contributed by atoms with E-state index in [9.17, 15) is 4.39 Å². The van der Waals surface area contributed by atoms with Gasteiger partial charge in [-0.15, -0.1) is 0 Å². The highest BCUT2D eigenvalue weighted by Gasteiger charge is 2.08. The molecule has 0 radical (unpaired) electrons. The standard InChI is InChI=1S/C16H17BrFNO/c1-20-14-5-2-11(3-6-14)8-13(19)9-12-4-7-16(18)15(17)10-12/h2-7,10,13H,8-9,19H2,1H3. The van der Waals surface area contributed by atoms with Gasteiger partial charge < -0.3 is 10.5 Å². The van der Waals surface area contributed by atoms with Gasteiger partial charge in [-0.05, 0) is 64.2 Å². The Kier molecular flexibility index (Phi) is 5.15. The van der Waals surface area contributed by atoms with E-state index in [2.05, 4.69) is 15.9 Å². The van der Waals surface area contributed by atoms with Crippen LogP contribution in [0.3, 0.4) is 0 Å². The third-order valence-electron chi connectivity index (χ3n) is 3.14. The van der Waals surface area contributed by atoms with Crippen LogP contribution in [0.15, 0.2) is 46.9 Å². The molecule has 2 rings (SSSR count). The Labute approximate surface area is 126 Å². The number of rotatable bonds is 5. The van der Waals surface area contributed by atoms with Gasteiger partial charge in [0.05, 0.1) is 11.6 Å². The lowest BCUT2D eigenvalue weighted by atomic mass is 10.00. The fourth-order valence-corrected chi connectivity index (χ4v) is 2.53. The number of hydrogen-bond donors (Lipinski definition) is 1. The van der Waals surface area contributed by atoms with Gasteiger partial charge >= 0.3 is 0 Å². The minimum absolute atomic E-state index is 0.000700. The molecule has 0 aliphatic rings. The lowest BCUT2D eigenvalue weighted by Gasteiger charge is -2.12. The largest absolute Gasteiger partial charge is 0.497 e. The molecular formula is C16H17BrFNO. The minimum Gasteiger partial charge on any atom is -0.497 e. The molecule has 0 bridgehead atoms. The van der Waals surface area contributed by atoms with Crippen LogP contribution >= 0.6 is 15.9 Å². The first-order valence-electron chi connectivity index (χ1n) is 6.41. The number of methoxy groups -OCH3 is 1. The highest BCUT2D eigenvalue weighted by atomic mass is 79.9. The molecule has 2 nitrogen and oxygen atoms in total. The summed E-state index contributed by atoms with van der Waals surface area (Å²) in [7, 11) is 1.65. The van der Waals surface area contributed by atoms with E-state index in [4.69, 9.17) is 10.5 Å². The fraction of sp³-hybridized carbons (Fsp3) is 0.250. The first-order chi connectivity index (χ1) is 9.58. The van der Waals surface area contributed by atoms with Crippen LogP contribution in [0.1, 0.15) is 11.1 Å². The van der Waals surface area contributed by atoms with E-state index in [0.717, 1.165) is 17.7 Å². The van der Waals surface area contributed by atoms with Gasteiger partial charge in [0, 0.05) is 6.04 Å². The van der Waals surface area contributed by atoms with Crippen LogP contribution in [0.2, 0.25) is 0 Å².